The number of nitrogens with one attached hydrogen (secondary N) is 1. The van der Waals surface area contributed by atoms with Gasteiger partial charge in [0, 0.05) is 12.2 Å². The Balaban J connectivity index is 2.69. The highest BCUT2D eigenvalue weighted by molar-refractivity contribution is 5.80. The summed E-state index contributed by atoms with van der Waals surface area (Å²) >= 11 is 0. The minimum atomic E-state index is -0.649. The van der Waals surface area contributed by atoms with Crippen LogP contribution >= 0.6 is 0 Å². The van der Waals surface area contributed by atoms with Gasteiger partial charge in [0.05, 0.1) is 0 Å². The SMILES string of the molecule is Cc1cccc(C)c1NCC(N)C(N)=O. The van der Waals surface area contributed by atoms with Crippen molar-refractivity contribution in [3.63, 3.8) is 0 Å². The van der Waals surface area contributed by atoms with Crippen LogP contribution < -0.4 is 16.8 Å². The number of benzene rings is 1. The molecule has 0 saturated carbocycles. The smallest absolute Gasteiger partial charge is 0.236 e. The van der Waals surface area contributed by atoms with Crippen LogP contribution in [-0.2, 0) is 4.79 Å². The standard InChI is InChI=1S/C11H17N3O/c1-7-4-3-5-8(2)10(7)14-6-9(12)11(13)15/h3-5,9,14H,6,12H2,1-2H3,(H2,13,15). The van der Waals surface area contributed by atoms with Crippen molar-refractivity contribution in [2.45, 2.75) is 19.9 Å². The van der Waals surface area contributed by atoms with Crippen LogP contribution in [0.1, 0.15) is 11.1 Å². The van der Waals surface area contributed by atoms with Crippen molar-refractivity contribution in [1.82, 2.24) is 0 Å². The topological polar surface area (TPSA) is 81.1 Å². The van der Waals surface area contributed by atoms with Crippen LogP contribution in [0.3, 0.4) is 0 Å². The van der Waals surface area contributed by atoms with Gasteiger partial charge >= 0.3 is 0 Å². The summed E-state index contributed by atoms with van der Waals surface area (Å²) in [6.45, 7) is 4.37. The summed E-state index contributed by atoms with van der Waals surface area (Å²) in [5.41, 5.74) is 13.9. The molecule has 0 heterocycles. The first-order chi connectivity index (χ1) is 7.02. The Hall–Kier alpha value is -1.55. The van der Waals surface area contributed by atoms with E-state index in [-0.39, 0.29) is 0 Å². The first-order valence-electron chi connectivity index (χ1n) is 4.87. The highest BCUT2D eigenvalue weighted by atomic mass is 16.1. The quantitative estimate of drug-likeness (QED) is 0.673. The fraction of sp³-hybridized carbons (Fsp3) is 0.364. The van der Waals surface area contributed by atoms with Gasteiger partial charge < -0.3 is 16.8 Å². The normalized spacial score (nSPS) is 12.2. The lowest BCUT2D eigenvalue weighted by atomic mass is 10.1. The van der Waals surface area contributed by atoms with Gasteiger partial charge in [-0.05, 0) is 25.0 Å². The van der Waals surface area contributed by atoms with Crippen molar-refractivity contribution < 1.29 is 4.79 Å². The number of amides is 1. The lowest BCUT2D eigenvalue weighted by Crippen LogP contribution is -2.41. The first kappa shape index (κ1) is 11.5. The van der Waals surface area contributed by atoms with Gasteiger partial charge in [-0.25, -0.2) is 0 Å². The van der Waals surface area contributed by atoms with E-state index < -0.39 is 11.9 Å². The zero-order valence-electron chi connectivity index (χ0n) is 9.08. The number of nitrogens with two attached hydrogens (primary N) is 2. The van der Waals surface area contributed by atoms with E-state index in [4.69, 9.17) is 11.5 Å². The van der Waals surface area contributed by atoms with E-state index in [2.05, 4.69) is 5.32 Å². The number of carbonyl (C=O) groups is 1. The van der Waals surface area contributed by atoms with Crippen molar-refractivity contribution in [3.05, 3.63) is 29.3 Å². The van der Waals surface area contributed by atoms with Gasteiger partial charge in [0.2, 0.25) is 5.91 Å². The Bertz CT molecular complexity index is 343. The third kappa shape index (κ3) is 2.95. The predicted octanol–water partition coefficient (Wildman–Crippen LogP) is 0.528. The highest BCUT2D eigenvalue weighted by Gasteiger charge is 2.09. The Labute approximate surface area is 89.6 Å². The second-order valence-electron chi connectivity index (χ2n) is 3.66. The molecule has 0 aliphatic rings. The van der Waals surface area contributed by atoms with E-state index in [0.717, 1.165) is 16.8 Å². The Kier molecular flexibility index (Phi) is 3.68. The van der Waals surface area contributed by atoms with Gasteiger partial charge in [-0.1, -0.05) is 18.2 Å². The Morgan fingerprint density at radius 1 is 1.40 bits per heavy atom. The van der Waals surface area contributed by atoms with E-state index in [0.29, 0.717) is 6.54 Å². The summed E-state index contributed by atoms with van der Waals surface area (Å²) < 4.78 is 0. The van der Waals surface area contributed by atoms with Crippen LogP contribution in [0.5, 0.6) is 0 Å². The molecule has 0 aliphatic carbocycles. The molecule has 4 heteroatoms. The largest absolute Gasteiger partial charge is 0.383 e. The molecule has 0 fully saturated rings. The molecule has 1 aromatic rings. The second kappa shape index (κ2) is 4.79. The minimum absolute atomic E-state index is 0.362. The molecule has 1 aromatic carbocycles. The summed E-state index contributed by atoms with van der Waals surface area (Å²) in [4.78, 5) is 10.7. The zero-order chi connectivity index (χ0) is 11.4. The summed E-state index contributed by atoms with van der Waals surface area (Å²) in [6.07, 6.45) is 0. The van der Waals surface area contributed by atoms with Gasteiger partial charge in [0.15, 0.2) is 0 Å². The lowest BCUT2D eigenvalue weighted by molar-refractivity contribution is -0.118. The Morgan fingerprint density at radius 2 is 1.93 bits per heavy atom. The zero-order valence-corrected chi connectivity index (χ0v) is 9.08. The molecule has 0 radical (unpaired) electrons. The molecule has 1 unspecified atom stereocenters. The lowest BCUT2D eigenvalue weighted by Gasteiger charge is -2.14. The van der Waals surface area contributed by atoms with E-state index in [9.17, 15) is 4.79 Å². The molecule has 1 rings (SSSR count). The van der Waals surface area contributed by atoms with Gasteiger partial charge in [0.1, 0.15) is 6.04 Å². The number of aryl methyl sites for hydroxylation is 2. The molecular formula is C11H17N3O. The van der Waals surface area contributed by atoms with Gasteiger partial charge in [0.25, 0.3) is 0 Å². The monoisotopic (exact) mass is 207 g/mol. The second-order valence-corrected chi connectivity index (χ2v) is 3.66. The molecular weight excluding hydrogens is 190 g/mol. The van der Waals surface area contributed by atoms with Crippen molar-refractivity contribution in [2.24, 2.45) is 11.5 Å². The summed E-state index contributed by atoms with van der Waals surface area (Å²) in [6, 6.07) is 5.35. The van der Waals surface area contributed by atoms with E-state index >= 15 is 0 Å². The number of para-hydroxylation sites is 1. The molecule has 5 N–H and O–H groups in total. The third-order valence-corrected chi connectivity index (χ3v) is 2.35. The number of hydrogen-bond donors (Lipinski definition) is 3. The average Bonchev–Trinajstić information content (AvgIpc) is 2.16. The van der Waals surface area contributed by atoms with Crippen LogP contribution in [-0.4, -0.2) is 18.5 Å². The number of carbonyl (C=O) groups excluding carboxylic acids is 1. The molecule has 0 bridgehead atoms. The fourth-order valence-electron chi connectivity index (χ4n) is 1.41. The average molecular weight is 207 g/mol. The van der Waals surface area contributed by atoms with Crippen molar-refractivity contribution in [2.75, 3.05) is 11.9 Å². The maximum atomic E-state index is 10.7. The van der Waals surface area contributed by atoms with Gasteiger partial charge in [-0.3, -0.25) is 4.79 Å². The number of rotatable bonds is 4. The van der Waals surface area contributed by atoms with Crippen molar-refractivity contribution >= 4 is 11.6 Å². The molecule has 0 aliphatic heterocycles. The molecule has 0 saturated heterocycles. The molecule has 0 aromatic heterocycles. The van der Waals surface area contributed by atoms with E-state index in [1.54, 1.807) is 0 Å². The van der Waals surface area contributed by atoms with Crippen LogP contribution in [0, 0.1) is 13.8 Å². The van der Waals surface area contributed by atoms with Crippen LogP contribution in [0.4, 0.5) is 5.69 Å². The minimum Gasteiger partial charge on any atom is -0.383 e. The van der Waals surface area contributed by atoms with E-state index in [1.165, 1.54) is 0 Å². The fourth-order valence-corrected chi connectivity index (χ4v) is 1.41. The number of primary amides is 1. The van der Waals surface area contributed by atoms with Gasteiger partial charge in [-0.2, -0.15) is 0 Å². The van der Waals surface area contributed by atoms with Crippen LogP contribution in [0.15, 0.2) is 18.2 Å². The highest BCUT2D eigenvalue weighted by Crippen LogP contribution is 2.18. The predicted molar refractivity (Wildman–Crippen MR) is 61.6 cm³/mol. The maximum Gasteiger partial charge on any atom is 0.236 e. The third-order valence-electron chi connectivity index (χ3n) is 2.35. The first-order valence-corrected chi connectivity index (χ1v) is 4.87. The van der Waals surface area contributed by atoms with Gasteiger partial charge in [-0.15, -0.1) is 0 Å². The maximum absolute atomic E-state index is 10.7. The number of hydrogen-bond acceptors (Lipinski definition) is 3. The van der Waals surface area contributed by atoms with Crippen LogP contribution in [0.25, 0.3) is 0 Å². The molecule has 1 atom stereocenters. The van der Waals surface area contributed by atoms with Crippen molar-refractivity contribution in [3.8, 4) is 0 Å². The summed E-state index contributed by atoms with van der Waals surface area (Å²) in [7, 11) is 0. The number of anilines is 1. The molecule has 15 heavy (non-hydrogen) atoms. The summed E-state index contributed by atoms with van der Waals surface area (Å²) in [5, 5.41) is 3.14. The van der Waals surface area contributed by atoms with Crippen molar-refractivity contribution in [1.29, 1.82) is 0 Å². The Morgan fingerprint density at radius 3 is 2.40 bits per heavy atom. The molecule has 0 spiro atoms. The van der Waals surface area contributed by atoms with Crippen LogP contribution in [0.2, 0.25) is 0 Å². The summed E-state index contributed by atoms with van der Waals surface area (Å²) in [5.74, 6) is -0.492. The molecule has 82 valence electrons. The molecule has 4 nitrogen and oxygen atoms in total. The van der Waals surface area contributed by atoms with E-state index in [1.807, 2.05) is 32.0 Å². The molecule has 1 amide bonds.